The minimum atomic E-state index is 1.04. The normalized spacial score (nSPS) is 14.1. The van der Waals surface area contributed by atoms with Crippen molar-refractivity contribution in [3.05, 3.63) is 47.2 Å². The summed E-state index contributed by atoms with van der Waals surface area (Å²) in [5, 5.41) is 1.34. The zero-order chi connectivity index (χ0) is 10.4. The number of hydrogen-bond donors (Lipinski definition) is 0. The van der Waals surface area contributed by atoms with Crippen LogP contribution in [-0.2, 0) is 6.54 Å². The Balaban J connectivity index is 2.34. The van der Waals surface area contributed by atoms with Crippen LogP contribution >= 0.6 is 0 Å². The van der Waals surface area contributed by atoms with Gasteiger partial charge < -0.3 is 0 Å². The maximum atomic E-state index is 2.38. The van der Waals surface area contributed by atoms with E-state index in [9.17, 15) is 0 Å². The molecule has 1 aromatic carbocycles. The molecule has 0 unspecified atom stereocenters. The highest BCUT2D eigenvalue weighted by atomic mass is 15.0. The third-order valence-electron chi connectivity index (χ3n) is 3.02. The number of aryl methyl sites for hydroxylation is 1. The van der Waals surface area contributed by atoms with E-state index >= 15 is 0 Å². The van der Waals surface area contributed by atoms with Crippen molar-refractivity contribution in [3.8, 4) is 0 Å². The first-order valence-electron chi connectivity index (χ1n) is 5.34. The van der Waals surface area contributed by atoms with Gasteiger partial charge in [0.2, 0.25) is 11.2 Å². The predicted octanol–water partition coefficient (Wildman–Crippen LogP) is 2.85. The molecule has 0 fully saturated rings. The lowest BCUT2D eigenvalue weighted by atomic mass is 10.1. The van der Waals surface area contributed by atoms with Crippen LogP contribution in [-0.4, -0.2) is 0 Å². The van der Waals surface area contributed by atoms with Gasteiger partial charge in [-0.3, -0.25) is 0 Å². The van der Waals surface area contributed by atoms with Crippen LogP contribution in [0.1, 0.15) is 18.2 Å². The van der Waals surface area contributed by atoms with Gasteiger partial charge in [-0.15, -0.1) is 0 Å². The summed E-state index contributed by atoms with van der Waals surface area (Å²) in [6, 6.07) is 11.1. The molecule has 1 aliphatic heterocycles. The molecule has 0 spiro atoms. The predicted molar refractivity (Wildman–Crippen MR) is 62.5 cm³/mol. The average Bonchev–Trinajstić information content (AvgIpc) is 2.58. The zero-order valence-electron chi connectivity index (χ0n) is 9.12. The number of fused-ring (bicyclic) bond motifs is 3. The Morgan fingerprint density at radius 1 is 1.07 bits per heavy atom. The largest absolute Gasteiger partial charge is 0.213 e. The Hall–Kier alpha value is -1.63. The molecule has 0 N–H and O–H groups in total. The smallest absolute Gasteiger partial charge is 0.188 e. The molecule has 0 saturated heterocycles. The van der Waals surface area contributed by atoms with Crippen molar-refractivity contribution in [1.82, 2.24) is 0 Å². The van der Waals surface area contributed by atoms with Gasteiger partial charge in [-0.05, 0) is 31.6 Å². The minimum absolute atomic E-state index is 1.04. The van der Waals surface area contributed by atoms with E-state index in [1.165, 1.54) is 27.7 Å². The topological polar surface area (TPSA) is 3.88 Å². The van der Waals surface area contributed by atoms with Gasteiger partial charge >= 0.3 is 0 Å². The Morgan fingerprint density at radius 3 is 2.80 bits per heavy atom. The Bertz CT molecular complexity index is 579. The van der Waals surface area contributed by atoms with Crippen LogP contribution in [0.4, 0.5) is 0 Å². The standard InChI is InChI=1S/C14H14N/c1-10-3-6-14-12(7-10)4-5-13-8-11(2)9-15(13)14/h3-8H,9H2,1-2H3/q+1. The first-order valence-corrected chi connectivity index (χ1v) is 5.34. The lowest BCUT2D eigenvalue weighted by molar-refractivity contribution is -0.660. The van der Waals surface area contributed by atoms with Crippen LogP contribution in [0, 0.1) is 6.92 Å². The van der Waals surface area contributed by atoms with Gasteiger partial charge in [0, 0.05) is 23.6 Å². The fourth-order valence-corrected chi connectivity index (χ4v) is 2.31. The number of nitrogens with zero attached hydrogens (tertiary/aromatic N) is 1. The first kappa shape index (κ1) is 8.66. The molecule has 0 saturated carbocycles. The third kappa shape index (κ3) is 1.27. The van der Waals surface area contributed by atoms with E-state index in [1.54, 1.807) is 0 Å². The summed E-state index contributed by atoms with van der Waals surface area (Å²) in [7, 11) is 0. The average molecular weight is 196 g/mol. The summed E-state index contributed by atoms with van der Waals surface area (Å²) in [6.07, 6.45) is 2.26. The monoisotopic (exact) mass is 196 g/mol. The van der Waals surface area contributed by atoms with Crippen LogP contribution in [0.5, 0.6) is 0 Å². The van der Waals surface area contributed by atoms with Crippen molar-refractivity contribution in [3.63, 3.8) is 0 Å². The fraction of sp³-hybridized carbons (Fsp3) is 0.214. The molecule has 2 heterocycles. The Morgan fingerprint density at radius 2 is 1.93 bits per heavy atom. The minimum Gasteiger partial charge on any atom is -0.188 e. The first-order chi connectivity index (χ1) is 7.24. The number of benzene rings is 1. The maximum Gasteiger partial charge on any atom is 0.213 e. The second-order valence-electron chi connectivity index (χ2n) is 4.40. The highest BCUT2D eigenvalue weighted by Gasteiger charge is 2.20. The van der Waals surface area contributed by atoms with Crippen molar-refractivity contribution in [2.24, 2.45) is 0 Å². The summed E-state index contributed by atoms with van der Waals surface area (Å²) in [6.45, 7) is 5.36. The lowest BCUT2D eigenvalue weighted by Gasteiger charge is -2.00. The van der Waals surface area contributed by atoms with Crippen molar-refractivity contribution >= 4 is 17.0 Å². The van der Waals surface area contributed by atoms with Gasteiger partial charge in [0.15, 0.2) is 6.54 Å². The summed E-state index contributed by atoms with van der Waals surface area (Å²) in [4.78, 5) is 0. The van der Waals surface area contributed by atoms with Gasteiger partial charge in [0.1, 0.15) is 0 Å². The van der Waals surface area contributed by atoms with Gasteiger partial charge in [-0.25, -0.2) is 0 Å². The number of pyridine rings is 1. The van der Waals surface area contributed by atoms with E-state index < -0.39 is 0 Å². The molecule has 0 atom stereocenters. The Labute approximate surface area is 89.7 Å². The summed E-state index contributed by atoms with van der Waals surface area (Å²) >= 11 is 0. The van der Waals surface area contributed by atoms with E-state index in [-0.39, 0.29) is 0 Å². The molecule has 0 bridgehead atoms. The van der Waals surface area contributed by atoms with Crippen molar-refractivity contribution < 1.29 is 4.57 Å². The molecule has 1 nitrogen and oxygen atoms in total. The molecule has 0 aliphatic carbocycles. The van der Waals surface area contributed by atoms with Gasteiger partial charge in [-0.2, -0.15) is 4.57 Å². The van der Waals surface area contributed by atoms with Crippen LogP contribution in [0.2, 0.25) is 0 Å². The van der Waals surface area contributed by atoms with Crippen molar-refractivity contribution in [2.45, 2.75) is 20.4 Å². The fourth-order valence-electron chi connectivity index (χ4n) is 2.31. The van der Waals surface area contributed by atoms with Crippen LogP contribution in [0.15, 0.2) is 35.9 Å². The SMILES string of the molecule is CC1=Cc2ccc3cc(C)ccc3[n+]2C1. The molecular formula is C14H14N+. The van der Waals surface area contributed by atoms with E-state index in [0.29, 0.717) is 0 Å². The van der Waals surface area contributed by atoms with Gasteiger partial charge in [0.05, 0.1) is 0 Å². The maximum absolute atomic E-state index is 2.38. The lowest BCUT2D eigenvalue weighted by Crippen LogP contribution is -2.34. The third-order valence-corrected chi connectivity index (χ3v) is 3.02. The van der Waals surface area contributed by atoms with E-state index in [0.717, 1.165) is 6.54 Å². The van der Waals surface area contributed by atoms with Crippen LogP contribution < -0.4 is 4.57 Å². The van der Waals surface area contributed by atoms with Crippen molar-refractivity contribution in [2.75, 3.05) is 0 Å². The van der Waals surface area contributed by atoms with E-state index in [1.807, 2.05) is 0 Å². The van der Waals surface area contributed by atoms with E-state index in [2.05, 4.69) is 54.8 Å². The molecule has 74 valence electrons. The summed E-state index contributed by atoms with van der Waals surface area (Å²) in [5.41, 5.74) is 5.42. The second kappa shape index (κ2) is 2.93. The highest BCUT2D eigenvalue weighted by Crippen LogP contribution is 2.18. The molecule has 2 aromatic rings. The Kier molecular flexibility index (Phi) is 1.69. The highest BCUT2D eigenvalue weighted by molar-refractivity contribution is 5.77. The summed E-state index contributed by atoms with van der Waals surface area (Å²) in [5.74, 6) is 0. The quantitative estimate of drug-likeness (QED) is 0.570. The molecule has 1 aromatic heterocycles. The van der Waals surface area contributed by atoms with Crippen LogP contribution in [0.25, 0.3) is 17.0 Å². The summed E-state index contributed by atoms with van der Waals surface area (Å²) < 4.78 is 2.38. The molecule has 0 radical (unpaired) electrons. The molecule has 1 heteroatoms. The van der Waals surface area contributed by atoms with Crippen molar-refractivity contribution in [1.29, 1.82) is 0 Å². The molecule has 1 aliphatic rings. The molecule has 3 rings (SSSR count). The number of hydrogen-bond acceptors (Lipinski definition) is 0. The van der Waals surface area contributed by atoms with Gasteiger partial charge in [-0.1, -0.05) is 11.6 Å². The molecular weight excluding hydrogens is 182 g/mol. The van der Waals surface area contributed by atoms with Crippen LogP contribution in [0.3, 0.4) is 0 Å². The molecule has 0 amide bonds. The second-order valence-corrected chi connectivity index (χ2v) is 4.40. The zero-order valence-corrected chi connectivity index (χ0v) is 9.12. The number of aromatic nitrogens is 1. The number of allylic oxidation sites excluding steroid dienone is 1. The molecule has 15 heavy (non-hydrogen) atoms. The van der Waals surface area contributed by atoms with E-state index in [4.69, 9.17) is 0 Å². The van der Waals surface area contributed by atoms with Gasteiger partial charge in [0.25, 0.3) is 0 Å². The number of rotatable bonds is 0.